The number of benzene rings is 2. The van der Waals surface area contributed by atoms with Gasteiger partial charge in [-0.3, -0.25) is 0 Å². The van der Waals surface area contributed by atoms with Crippen LogP contribution >= 0.6 is 23.2 Å². The number of alkyl halides is 1. The highest BCUT2D eigenvalue weighted by Gasteiger charge is 2.21. The van der Waals surface area contributed by atoms with Gasteiger partial charge in [-0.15, -0.1) is 11.6 Å². The molecule has 3 rings (SSSR count). The second-order valence-corrected chi connectivity index (χ2v) is 6.21. The van der Waals surface area contributed by atoms with Crippen LogP contribution in [0.4, 0.5) is 0 Å². The van der Waals surface area contributed by atoms with E-state index in [0.29, 0.717) is 5.02 Å². The van der Waals surface area contributed by atoms with Crippen molar-refractivity contribution in [2.45, 2.75) is 25.3 Å². The van der Waals surface area contributed by atoms with Gasteiger partial charge in [0.25, 0.3) is 0 Å². The molecule has 3 aromatic rings. The van der Waals surface area contributed by atoms with Crippen LogP contribution in [-0.4, -0.2) is 9.55 Å². The Hall–Kier alpha value is -1.51. The second-order valence-electron chi connectivity index (χ2n) is 5.34. The molecule has 108 valence electrons. The SMILES string of the molecule is CC(C)n1c(C(Cl)c2ccccc2)nc2ccc(Cl)cc21. The van der Waals surface area contributed by atoms with Crippen LogP contribution in [0, 0.1) is 0 Å². The number of hydrogen-bond acceptors (Lipinski definition) is 1. The number of imidazole rings is 1. The molecule has 0 radical (unpaired) electrons. The lowest BCUT2D eigenvalue weighted by atomic mass is 10.1. The van der Waals surface area contributed by atoms with Crippen LogP contribution in [-0.2, 0) is 0 Å². The fourth-order valence-corrected chi connectivity index (χ4v) is 3.04. The minimum absolute atomic E-state index is 0.258. The number of aromatic nitrogens is 2. The molecule has 1 atom stereocenters. The molecule has 0 aliphatic carbocycles. The summed E-state index contributed by atoms with van der Waals surface area (Å²) in [5, 5.41) is 0.432. The molecule has 0 aliphatic heterocycles. The van der Waals surface area contributed by atoms with E-state index in [1.165, 1.54) is 0 Å². The van der Waals surface area contributed by atoms with Crippen molar-refractivity contribution >= 4 is 34.2 Å². The molecular formula is C17H16Cl2N2. The molecule has 1 unspecified atom stereocenters. The Balaban J connectivity index is 2.20. The third-order valence-corrected chi connectivity index (χ3v) is 4.20. The summed E-state index contributed by atoms with van der Waals surface area (Å²) in [6, 6.07) is 16.0. The van der Waals surface area contributed by atoms with E-state index in [1.807, 2.05) is 48.5 Å². The largest absolute Gasteiger partial charge is 0.324 e. The molecule has 0 spiro atoms. The average molecular weight is 319 g/mol. The highest BCUT2D eigenvalue weighted by atomic mass is 35.5. The van der Waals surface area contributed by atoms with Gasteiger partial charge in [0.1, 0.15) is 11.2 Å². The van der Waals surface area contributed by atoms with Gasteiger partial charge in [-0.25, -0.2) is 4.98 Å². The van der Waals surface area contributed by atoms with Gasteiger partial charge in [0.05, 0.1) is 11.0 Å². The van der Waals surface area contributed by atoms with Gasteiger partial charge >= 0.3 is 0 Å². The summed E-state index contributed by atoms with van der Waals surface area (Å²) < 4.78 is 2.16. The fraction of sp³-hybridized carbons (Fsp3) is 0.235. The predicted octanol–water partition coefficient (Wildman–Crippen LogP) is 5.60. The molecule has 0 N–H and O–H groups in total. The Kier molecular flexibility index (Phi) is 3.92. The highest BCUT2D eigenvalue weighted by molar-refractivity contribution is 6.31. The summed E-state index contributed by atoms with van der Waals surface area (Å²) in [6.45, 7) is 4.25. The molecule has 2 nitrogen and oxygen atoms in total. The van der Waals surface area contributed by atoms with Gasteiger partial charge in [0.2, 0.25) is 0 Å². The fourth-order valence-electron chi connectivity index (χ4n) is 2.58. The van der Waals surface area contributed by atoms with Crippen molar-refractivity contribution in [3.63, 3.8) is 0 Å². The van der Waals surface area contributed by atoms with Gasteiger partial charge in [-0.1, -0.05) is 41.9 Å². The van der Waals surface area contributed by atoms with Crippen LogP contribution in [0.25, 0.3) is 11.0 Å². The third-order valence-electron chi connectivity index (χ3n) is 3.51. The average Bonchev–Trinajstić information content (AvgIpc) is 2.86. The van der Waals surface area contributed by atoms with Crippen molar-refractivity contribution in [2.75, 3.05) is 0 Å². The summed E-state index contributed by atoms with van der Waals surface area (Å²) in [4.78, 5) is 4.72. The maximum atomic E-state index is 6.68. The van der Waals surface area contributed by atoms with Crippen LogP contribution in [0.1, 0.15) is 36.7 Å². The molecule has 1 aromatic heterocycles. The maximum Gasteiger partial charge on any atom is 0.132 e. The van der Waals surface area contributed by atoms with Crippen LogP contribution in [0.3, 0.4) is 0 Å². The molecular weight excluding hydrogens is 303 g/mol. The van der Waals surface area contributed by atoms with Crippen molar-refractivity contribution in [3.8, 4) is 0 Å². The summed E-state index contributed by atoms with van der Waals surface area (Å²) >= 11 is 12.8. The number of nitrogens with zero attached hydrogens (tertiary/aromatic N) is 2. The van der Waals surface area contributed by atoms with Crippen LogP contribution in [0.15, 0.2) is 48.5 Å². The lowest BCUT2D eigenvalue weighted by Crippen LogP contribution is -2.09. The van der Waals surface area contributed by atoms with Crippen LogP contribution in [0.5, 0.6) is 0 Å². The van der Waals surface area contributed by atoms with E-state index in [-0.39, 0.29) is 11.4 Å². The molecule has 0 saturated heterocycles. The Morgan fingerprint density at radius 3 is 2.43 bits per heavy atom. The zero-order chi connectivity index (χ0) is 15.0. The Labute approximate surface area is 134 Å². The van der Waals surface area contributed by atoms with Gasteiger partial charge < -0.3 is 4.57 Å². The minimum Gasteiger partial charge on any atom is -0.324 e. The molecule has 0 bridgehead atoms. The Bertz CT molecular complexity index is 763. The quantitative estimate of drug-likeness (QED) is 0.575. The molecule has 0 aliphatic rings. The number of hydrogen-bond donors (Lipinski definition) is 0. The molecule has 21 heavy (non-hydrogen) atoms. The molecule has 2 aromatic carbocycles. The molecule has 0 saturated carbocycles. The summed E-state index contributed by atoms with van der Waals surface area (Å²) in [5.74, 6) is 0.857. The molecule has 4 heteroatoms. The van der Waals surface area contributed by atoms with E-state index in [4.69, 9.17) is 28.2 Å². The maximum absolute atomic E-state index is 6.68. The first kappa shape index (κ1) is 14.4. The van der Waals surface area contributed by atoms with E-state index >= 15 is 0 Å². The monoisotopic (exact) mass is 318 g/mol. The van der Waals surface area contributed by atoms with E-state index in [2.05, 4.69) is 18.4 Å². The zero-order valence-electron chi connectivity index (χ0n) is 11.9. The van der Waals surface area contributed by atoms with E-state index in [0.717, 1.165) is 22.4 Å². The first-order valence-electron chi connectivity index (χ1n) is 6.94. The van der Waals surface area contributed by atoms with Crippen molar-refractivity contribution in [3.05, 3.63) is 64.9 Å². The first-order valence-corrected chi connectivity index (χ1v) is 7.75. The van der Waals surface area contributed by atoms with Crippen LogP contribution < -0.4 is 0 Å². The summed E-state index contributed by atoms with van der Waals surface area (Å²) in [5.41, 5.74) is 2.99. The highest BCUT2D eigenvalue weighted by Crippen LogP contribution is 2.33. The minimum atomic E-state index is -0.278. The lowest BCUT2D eigenvalue weighted by molar-refractivity contribution is 0.588. The summed E-state index contributed by atoms with van der Waals surface area (Å²) in [7, 11) is 0. The van der Waals surface area contributed by atoms with Crippen molar-refractivity contribution in [1.82, 2.24) is 9.55 Å². The van der Waals surface area contributed by atoms with Crippen LogP contribution in [0.2, 0.25) is 5.02 Å². The smallest absolute Gasteiger partial charge is 0.132 e. The van der Waals surface area contributed by atoms with Gasteiger partial charge in [0, 0.05) is 11.1 Å². The molecule has 0 fully saturated rings. The van der Waals surface area contributed by atoms with Gasteiger partial charge in [-0.05, 0) is 37.6 Å². The first-order chi connectivity index (χ1) is 10.1. The van der Waals surface area contributed by atoms with Gasteiger partial charge in [0.15, 0.2) is 0 Å². The van der Waals surface area contributed by atoms with E-state index in [9.17, 15) is 0 Å². The lowest BCUT2D eigenvalue weighted by Gasteiger charge is -2.16. The van der Waals surface area contributed by atoms with E-state index < -0.39 is 0 Å². The van der Waals surface area contributed by atoms with Gasteiger partial charge in [-0.2, -0.15) is 0 Å². The van der Waals surface area contributed by atoms with Crippen molar-refractivity contribution < 1.29 is 0 Å². The normalized spacial score (nSPS) is 13.0. The third kappa shape index (κ3) is 2.66. The summed E-state index contributed by atoms with van der Waals surface area (Å²) in [6.07, 6.45) is 0. The number of halogens is 2. The number of rotatable bonds is 3. The second kappa shape index (κ2) is 5.70. The topological polar surface area (TPSA) is 17.8 Å². The molecule has 1 heterocycles. The Morgan fingerprint density at radius 2 is 1.76 bits per heavy atom. The molecule has 0 amide bonds. The van der Waals surface area contributed by atoms with Crippen molar-refractivity contribution in [1.29, 1.82) is 0 Å². The Morgan fingerprint density at radius 1 is 1.05 bits per heavy atom. The number of fused-ring (bicyclic) bond motifs is 1. The predicted molar refractivity (Wildman–Crippen MR) is 89.3 cm³/mol. The van der Waals surface area contributed by atoms with Crippen molar-refractivity contribution in [2.24, 2.45) is 0 Å². The standard InChI is InChI=1S/C17H16Cl2N2/c1-11(2)21-15-10-13(18)8-9-14(15)20-17(21)16(19)12-6-4-3-5-7-12/h3-11,16H,1-2H3. The van der Waals surface area contributed by atoms with E-state index in [1.54, 1.807) is 0 Å². The zero-order valence-corrected chi connectivity index (χ0v) is 13.4.